The standard InChI is InChI=1S/C24H21FN6O2/c1-14-15-10-21(22(11-15)33-23-13-26-19-12-16(25)6-7-18(19)29-23)30(14)24(32)17-4-2-3-5-20(17)31-27-8-9-28-31/h2-9,12-15,21-22H,10-11H2,1H3/t14-,15-,21+,22-/m1/s1. The largest absolute Gasteiger partial charge is 0.471 e. The molecule has 4 atom stereocenters. The van der Waals surface area contributed by atoms with Crippen LogP contribution in [0.2, 0.25) is 0 Å². The van der Waals surface area contributed by atoms with E-state index in [2.05, 4.69) is 27.1 Å². The number of benzene rings is 2. The van der Waals surface area contributed by atoms with Crippen LogP contribution < -0.4 is 4.74 Å². The van der Waals surface area contributed by atoms with Crippen molar-refractivity contribution in [2.24, 2.45) is 5.92 Å². The van der Waals surface area contributed by atoms with Gasteiger partial charge >= 0.3 is 0 Å². The third-order valence-corrected chi connectivity index (χ3v) is 6.74. The van der Waals surface area contributed by atoms with Gasteiger partial charge in [-0.25, -0.2) is 14.4 Å². The molecule has 1 saturated heterocycles. The number of ether oxygens (including phenoxy) is 1. The number of fused-ring (bicyclic) bond motifs is 3. The summed E-state index contributed by atoms with van der Waals surface area (Å²) in [5, 5.41) is 8.39. The number of hydrogen-bond acceptors (Lipinski definition) is 6. The van der Waals surface area contributed by atoms with Crippen LogP contribution in [-0.4, -0.2) is 54.0 Å². The molecule has 1 aliphatic heterocycles. The Morgan fingerprint density at radius 3 is 2.73 bits per heavy atom. The molecule has 2 fully saturated rings. The number of nitrogens with zero attached hydrogens (tertiary/aromatic N) is 6. The zero-order chi connectivity index (χ0) is 22.5. The van der Waals surface area contributed by atoms with Gasteiger partial charge in [-0.05, 0) is 49.9 Å². The fourth-order valence-corrected chi connectivity index (χ4v) is 5.18. The maximum absolute atomic E-state index is 13.7. The van der Waals surface area contributed by atoms with Crippen LogP contribution in [0.1, 0.15) is 30.1 Å². The highest BCUT2D eigenvalue weighted by molar-refractivity contribution is 5.98. The highest BCUT2D eigenvalue weighted by Gasteiger charge is 2.53. The van der Waals surface area contributed by atoms with Gasteiger partial charge in [0.05, 0.1) is 46.9 Å². The maximum Gasteiger partial charge on any atom is 0.256 e. The zero-order valence-electron chi connectivity index (χ0n) is 17.9. The molecule has 9 heteroatoms. The molecule has 166 valence electrons. The monoisotopic (exact) mass is 444 g/mol. The summed E-state index contributed by atoms with van der Waals surface area (Å²) in [5.41, 5.74) is 2.25. The van der Waals surface area contributed by atoms with E-state index in [0.717, 1.165) is 12.8 Å². The summed E-state index contributed by atoms with van der Waals surface area (Å²) in [5.74, 6) is 0.317. The smallest absolute Gasteiger partial charge is 0.256 e. The van der Waals surface area contributed by atoms with Gasteiger partial charge in [-0.15, -0.1) is 0 Å². The molecule has 8 nitrogen and oxygen atoms in total. The van der Waals surface area contributed by atoms with Crippen molar-refractivity contribution in [2.45, 2.75) is 38.0 Å². The predicted molar refractivity (Wildman–Crippen MR) is 117 cm³/mol. The van der Waals surface area contributed by atoms with E-state index in [4.69, 9.17) is 4.74 Å². The van der Waals surface area contributed by atoms with Crippen LogP contribution in [0.4, 0.5) is 4.39 Å². The SMILES string of the molecule is C[C@@H]1[C@H]2C[C@@H](Oc3cnc4cc(F)ccc4n3)[C@H](C2)N1C(=O)c1ccccc1-n1nccn1. The molecule has 0 spiro atoms. The Morgan fingerprint density at radius 2 is 1.91 bits per heavy atom. The van der Waals surface area contributed by atoms with Crippen molar-refractivity contribution in [3.8, 4) is 11.6 Å². The maximum atomic E-state index is 13.7. The lowest BCUT2D eigenvalue weighted by atomic mass is 9.98. The van der Waals surface area contributed by atoms with Crippen LogP contribution >= 0.6 is 0 Å². The van der Waals surface area contributed by atoms with Crippen molar-refractivity contribution < 1.29 is 13.9 Å². The fraction of sp³-hybridized carbons (Fsp3) is 0.292. The molecule has 4 aromatic rings. The Labute approximate surface area is 189 Å². The van der Waals surface area contributed by atoms with Crippen molar-refractivity contribution >= 4 is 16.9 Å². The van der Waals surface area contributed by atoms with Gasteiger partial charge in [-0.1, -0.05) is 12.1 Å². The first-order valence-electron chi connectivity index (χ1n) is 11.0. The van der Waals surface area contributed by atoms with Crippen molar-refractivity contribution in [3.63, 3.8) is 0 Å². The van der Waals surface area contributed by atoms with Crippen LogP contribution in [-0.2, 0) is 0 Å². The number of aromatic nitrogens is 5. The number of hydrogen-bond donors (Lipinski definition) is 0. The molecule has 1 saturated carbocycles. The van der Waals surface area contributed by atoms with Crippen molar-refractivity contribution in [2.75, 3.05) is 0 Å². The highest BCUT2D eigenvalue weighted by Crippen LogP contribution is 2.44. The molecule has 1 aliphatic carbocycles. The van der Waals surface area contributed by atoms with Crippen molar-refractivity contribution in [1.82, 2.24) is 29.9 Å². The van der Waals surface area contributed by atoms with Gasteiger partial charge < -0.3 is 9.64 Å². The minimum Gasteiger partial charge on any atom is -0.471 e. The molecule has 2 bridgehead atoms. The van der Waals surface area contributed by atoms with Gasteiger partial charge in [-0.3, -0.25) is 4.79 Å². The van der Waals surface area contributed by atoms with E-state index >= 15 is 0 Å². The van der Waals surface area contributed by atoms with Crippen LogP contribution in [0, 0.1) is 11.7 Å². The Hall–Kier alpha value is -3.88. The first-order valence-corrected chi connectivity index (χ1v) is 11.0. The molecule has 6 rings (SSSR count). The summed E-state index contributed by atoms with van der Waals surface area (Å²) < 4.78 is 19.7. The van der Waals surface area contributed by atoms with E-state index in [-0.39, 0.29) is 29.9 Å². The third-order valence-electron chi connectivity index (χ3n) is 6.74. The number of halogens is 1. The van der Waals surface area contributed by atoms with Crippen LogP contribution in [0.3, 0.4) is 0 Å². The van der Waals surface area contributed by atoms with Gasteiger partial charge in [-0.2, -0.15) is 15.0 Å². The lowest BCUT2D eigenvalue weighted by Crippen LogP contribution is -2.51. The lowest BCUT2D eigenvalue weighted by Gasteiger charge is -2.37. The number of amides is 1. The molecule has 0 unspecified atom stereocenters. The zero-order valence-corrected chi connectivity index (χ0v) is 17.9. The van der Waals surface area contributed by atoms with Gasteiger partial charge in [0, 0.05) is 12.1 Å². The molecular weight excluding hydrogens is 423 g/mol. The van der Waals surface area contributed by atoms with E-state index in [9.17, 15) is 9.18 Å². The second-order valence-electron chi connectivity index (χ2n) is 8.59. The highest BCUT2D eigenvalue weighted by atomic mass is 19.1. The van der Waals surface area contributed by atoms with Gasteiger partial charge in [0.2, 0.25) is 5.88 Å². The summed E-state index contributed by atoms with van der Waals surface area (Å²) in [4.78, 5) is 25.9. The first kappa shape index (κ1) is 19.8. The summed E-state index contributed by atoms with van der Waals surface area (Å²) in [6.45, 7) is 2.10. The summed E-state index contributed by atoms with van der Waals surface area (Å²) in [7, 11) is 0. The van der Waals surface area contributed by atoms with E-state index in [0.29, 0.717) is 34.1 Å². The molecule has 2 aromatic heterocycles. The van der Waals surface area contributed by atoms with Crippen molar-refractivity contribution in [3.05, 3.63) is 72.4 Å². The van der Waals surface area contributed by atoms with E-state index in [1.807, 2.05) is 29.2 Å². The number of likely N-dealkylation sites (tertiary alicyclic amines) is 1. The molecule has 2 aromatic carbocycles. The quantitative estimate of drug-likeness (QED) is 0.480. The van der Waals surface area contributed by atoms with Crippen LogP contribution in [0.15, 0.2) is 61.1 Å². The Balaban J connectivity index is 1.28. The van der Waals surface area contributed by atoms with Gasteiger partial charge in [0.25, 0.3) is 5.91 Å². The normalized spacial score (nSPS) is 23.9. The number of carbonyl (C=O) groups is 1. The number of rotatable bonds is 4. The topological polar surface area (TPSA) is 86.0 Å². The van der Waals surface area contributed by atoms with Gasteiger partial charge in [0.15, 0.2) is 0 Å². The number of piperidine rings is 1. The molecule has 2 aliphatic rings. The molecule has 3 heterocycles. The fourth-order valence-electron chi connectivity index (χ4n) is 5.18. The summed E-state index contributed by atoms with van der Waals surface area (Å²) >= 11 is 0. The van der Waals surface area contributed by atoms with E-state index in [1.54, 1.807) is 18.5 Å². The molecule has 0 radical (unpaired) electrons. The number of para-hydroxylation sites is 1. The van der Waals surface area contributed by atoms with Crippen LogP contribution in [0.25, 0.3) is 16.7 Å². The Morgan fingerprint density at radius 1 is 1.09 bits per heavy atom. The predicted octanol–water partition coefficient (Wildman–Crippen LogP) is 3.42. The number of carbonyl (C=O) groups excluding carboxylic acids is 1. The van der Waals surface area contributed by atoms with E-state index < -0.39 is 0 Å². The Bertz CT molecular complexity index is 1340. The second-order valence-corrected chi connectivity index (χ2v) is 8.59. The van der Waals surface area contributed by atoms with E-state index in [1.165, 1.54) is 23.1 Å². The van der Waals surface area contributed by atoms with Gasteiger partial charge in [0.1, 0.15) is 11.9 Å². The summed E-state index contributed by atoms with van der Waals surface area (Å²) in [6, 6.07) is 11.7. The second kappa shape index (κ2) is 7.61. The molecule has 0 N–H and O–H groups in total. The minimum absolute atomic E-state index is 0.0590. The summed E-state index contributed by atoms with van der Waals surface area (Å²) in [6.07, 6.45) is 6.24. The first-order chi connectivity index (χ1) is 16.1. The molecule has 33 heavy (non-hydrogen) atoms. The average molecular weight is 444 g/mol. The Kier molecular flexibility index (Phi) is 4.56. The molecular formula is C24H21FN6O2. The van der Waals surface area contributed by atoms with Crippen LogP contribution in [0.5, 0.6) is 5.88 Å². The van der Waals surface area contributed by atoms with Crippen molar-refractivity contribution in [1.29, 1.82) is 0 Å². The lowest BCUT2D eigenvalue weighted by molar-refractivity contribution is 0.0314. The average Bonchev–Trinajstić information content (AvgIpc) is 3.56. The molecule has 1 amide bonds. The minimum atomic E-state index is -0.354. The third kappa shape index (κ3) is 3.31.